The highest BCUT2D eigenvalue weighted by molar-refractivity contribution is 5.67. The molecule has 0 bridgehead atoms. The lowest BCUT2D eigenvalue weighted by Crippen LogP contribution is -2.37. The van der Waals surface area contributed by atoms with Crippen molar-refractivity contribution in [3.63, 3.8) is 0 Å². The Balaban J connectivity index is 3.81. The van der Waals surface area contributed by atoms with Crippen LogP contribution in [0.1, 0.15) is 47.5 Å². The topological polar surface area (TPSA) is 38.3 Å². The second-order valence-corrected chi connectivity index (χ2v) is 5.04. The minimum absolute atomic E-state index is 0.122. The number of allylic oxidation sites excluding steroid dienone is 1. The fourth-order valence-corrected chi connectivity index (χ4v) is 1.04. The van der Waals surface area contributed by atoms with Gasteiger partial charge in [0, 0.05) is 6.04 Å². The van der Waals surface area contributed by atoms with Gasteiger partial charge in [0.1, 0.15) is 5.60 Å². The molecule has 0 aromatic carbocycles. The van der Waals surface area contributed by atoms with Crippen molar-refractivity contribution in [3.05, 3.63) is 12.2 Å². The van der Waals surface area contributed by atoms with Crippen LogP contribution in [0.2, 0.25) is 0 Å². The molecule has 15 heavy (non-hydrogen) atoms. The molecule has 0 aliphatic carbocycles. The zero-order valence-corrected chi connectivity index (χ0v) is 10.5. The Kier molecular flexibility index (Phi) is 5.40. The molecule has 3 nitrogen and oxygen atoms in total. The highest BCUT2D eigenvalue weighted by Crippen LogP contribution is 2.08. The SMILES string of the molecule is C=C(C)CC[C@H](C)NC(=O)OC(C)(C)C. The van der Waals surface area contributed by atoms with Gasteiger partial charge in [-0.05, 0) is 47.5 Å². The summed E-state index contributed by atoms with van der Waals surface area (Å²) in [5.41, 5.74) is 0.700. The van der Waals surface area contributed by atoms with Crippen LogP contribution < -0.4 is 5.32 Å². The monoisotopic (exact) mass is 213 g/mol. The number of hydrogen-bond acceptors (Lipinski definition) is 2. The third-order valence-corrected chi connectivity index (χ3v) is 1.77. The second-order valence-electron chi connectivity index (χ2n) is 5.04. The van der Waals surface area contributed by atoms with Gasteiger partial charge in [-0.3, -0.25) is 0 Å². The van der Waals surface area contributed by atoms with E-state index in [-0.39, 0.29) is 12.1 Å². The van der Waals surface area contributed by atoms with E-state index in [1.54, 1.807) is 0 Å². The van der Waals surface area contributed by atoms with E-state index in [4.69, 9.17) is 4.74 Å². The lowest BCUT2D eigenvalue weighted by molar-refractivity contribution is 0.0506. The fraction of sp³-hybridized carbons (Fsp3) is 0.750. The van der Waals surface area contributed by atoms with Crippen LogP contribution in [0.15, 0.2) is 12.2 Å². The van der Waals surface area contributed by atoms with Gasteiger partial charge in [-0.15, -0.1) is 6.58 Å². The van der Waals surface area contributed by atoms with Gasteiger partial charge in [0.2, 0.25) is 0 Å². The molecule has 1 atom stereocenters. The predicted molar refractivity (Wildman–Crippen MR) is 62.9 cm³/mol. The third kappa shape index (κ3) is 9.32. The zero-order chi connectivity index (χ0) is 12.1. The van der Waals surface area contributed by atoms with Crippen molar-refractivity contribution in [2.75, 3.05) is 0 Å². The van der Waals surface area contributed by atoms with Crippen molar-refractivity contribution in [1.82, 2.24) is 5.32 Å². The predicted octanol–water partition coefficient (Wildman–Crippen LogP) is 3.26. The molecular formula is C12H23NO2. The maximum atomic E-state index is 11.4. The number of rotatable bonds is 4. The van der Waals surface area contributed by atoms with Crippen LogP contribution in [-0.4, -0.2) is 17.7 Å². The molecule has 0 heterocycles. The Labute approximate surface area is 92.9 Å². The summed E-state index contributed by atoms with van der Waals surface area (Å²) in [5.74, 6) is 0. The molecule has 0 aromatic rings. The molecule has 1 N–H and O–H groups in total. The third-order valence-electron chi connectivity index (χ3n) is 1.77. The number of carbonyl (C=O) groups excluding carboxylic acids is 1. The molecule has 88 valence electrons. The van der Waals surface area contributed by atoms with Crippen molar-refractivity contribution in [2.24, 2.45) is 0 Å². The number of ether oxygens (including phenoxy) is 1. The molecule has 0 aromatic heterocycles. The molecule has 0 fully saturated rings. The van der Waals surface area contributed by atoms with Gasteiger partial charge >= 0.3 is 6.09 Å². The Hall–Kier alpha value is -0.990. The number of alkyl carbamates (subject to hydrolysis) is 1. The van der Waals surface area contributed by atoms with E-state index in [0.717, 1.165) is 18.4 Å². The molecule has 1 amide bonds. The zero-order valence-electron chi connectivity index (χ0n) is 10.5. The summed E-state index contributed by atoms with van der Waals surface area (Å²) >= 11 is 0. The van der Waals surface area contributed by atoms with Crippen molar-refractivity contribution in [1.29, 1.82) is 0 Å². The van der Waals surface area contributed by atoms with Gasteiger partial charge in [-0.1, -0.05) is 5.57 Å². The largest absolute Gasteiger partial charge is 0.444 e. The molecule has 0 radical (unpaired) electrons. The van der Waals surface area contributed by atoms with Crippen LogP contribution in [0.4, 0.5) is 4.79 Å². The standard InChI is InChI=1S/C12H23NO2/c1-9(2)7-8-10(3)13-11(14)15-12(4,5)6/h10H,1,7-8H2,2-6H3,(H,13,14)/t10-/m0/s1. The minimum Gasteiger partial charge on any atom is -0.444 e. The van der Waals surface area contributed by atoms with Crippen LogP contribution in [0.3, 0.4) is 0 Å². The Morgan fingerprint density at radius 1 is 1.47 bits per heavy atom. The molecule has 3 heteroatoms. The van der Waals surface area contributed by atoms with Gasteiger partial charge < -0.3 is 10.1 Å². The highest BCUT2D eigenvalue weighted by Gasteiger charge is 2.17. The van der Waals surface area contributed by atoms with E-state index in [9.17, 15) is 4.79 Å². The summed E-state index contributed by atoms with van der Waals surface area (Å²) < 4.78 is 5.14. The molecule has 0 spiro atoms. The average molecular weight is 213 g/mol. The molecule has 0 saturated heterocycles. The number of nitrogens with one attached hydrogen (secondary N) is 1. The smallest absolute Gasteiger partial charge is 0.407 e. The van der Waals surface area contributed by atoms with Crippen LogP contribution in [0, 0.1) is 0 Å². The van der Waals surface area contributed by atoms with E-state index in [0.29, 0.717) is 0 Å². The summed E-state index contributed by atoms with van der Waals surface area (Å²) in [5, 5.41) is 2.79. The Morgan fingerprint density at radius 2 is 2.00 bits per heavy atom. The first kappa shape index (κ1) is 14.0. The van der Waals surface area contributed by atoms with Gasteiger partial charge in [0.15, 0.2) is 0 Å². The maximum Gasteiger partial charge on any atom is 0.407 e. The molecule has 0 saturated carbocycles. The molecule has 0 unspecified atom stereocenters. The first-order valence-electron chi connectivity index (χ1n) is 5.34. The highest BCUT2D eigenvalue weighted by atomic mass is 16.6. The van der Waals surface area contributed by atoms with Crippen molar-refractivity contribution >= 4 is 6.09 Å². The van der Waals surface area contributed by atoms with Crippen LogP contribution in [0.5, 0.6) is 0 Å². The van der Waals surface area contributed by atoms with Crippen molar-refractivity contribution in [3.8, 4) is 0 Å². The minimum atomic E-state index is -0.432. The summed E-state index contributed by atoms with van der Waals surface area (Å²) in [4.78, 5) is 11.4. The summed E-state index contributed by atoms with van der Waals surface area (Å²) in [7, 11) is 0. The maximum absolute atomic E-state index is 11.4. The van der Waals surface area contributed by atoms with E-state index in [1.165, 1.54) is 0 Å². The van der Waals surface area contributed by atoms with E-state index >= 15 is 0 Å². The van der Waals surface area contributed by atoms with E-state index < -0.39 is 5.60 Å². The van der Waals surface area contributed by atoms with Gasteiger partial charge in [-0.2, -0.15) is 0 Å². The lowest BCUT2D eigenvalue weighted by Gasteiger charge is -2.21. The molecule has 0 aliphatic rings. The quantitative estimate of drug-likeness (QED) is 0.728. The first-order valence-corrected chi connectivity index (χ1v) is 5.34. The van der Waals surface area contributed by atoms with Gasteiger partial charge in [-0.25, -0.2) is 4.79 Å². The molecular weight excluding hydrogens is 190 g/mol. The normalized spacial score (nSPS) is 13.1. The summed E-state index contributed by atoms with van der Waals surface area (Å²) in [6.45, 7) is 13.3. The van der Waals surface area contributed by atoms with Gasteiger partial charge in [0.05, 0.1) is 0 Å². The Morgan fingerprint density at radius 3 is 2.40 bits per heavy atom. The Bertz CT molecular complexity index is 228. The van der Waals surface area contributed by atoms with Crippen LogP contribution >= 0.6 is 0 Å². The van der Waals surface area contributed by atoms with Crippen LogP contribution in [0.25, 0.3) is 0 Å². The number of hydrogen-bond donors (Lipinski definition) is 1. The summed E-state index contributed by atoms with van der Waals surface area (Å²) in [6.07, 6.45) is 1.47. The number of carbonyl (C=O) groups is 1. The van der Waals surface area contributed by atoms with E-state index in [1.807, 2.05) is 34.6 Å². The van der Waals surface area contributed by atoms with Crippen LogP contribution in [-0.2, 0) is 4.74 Å². The molecule has 0 aliphatic heterocycles. The number of amides is 1. The van der Waals surface area contributed by atoms with Crippen molar-refractivity contribution < 1.29 is 9.53 Å². The molecule has 0 rings (SSSR count). The van der Waals surface area contributed by atoms with E-state index in [2.05, 4.69) is 11.9 Å². The van der Waals surface area contributed by atoms with Crippen molar-refractivity contribution in [2.45, 2.75) is 59.1 Å². The van der Waals surface area contributed by atoms with Gasteiger partial charge in [0.25, 0.3) is 0 Å². The fourth-order valence-electron chi connectivity index (χ4n) is 1.04. The average Bonchev–Trinajstić information content (AvgIpc) is 1.96. The first-order chi connectivity index (χ1) is 6.70. The summed E-state index contributed by atoms with van der Waals surface area (Å²) in [6, 6.07) is 0.122. The second kappa shape index (κ2) is 5.79. The lowest BCUT2D eigenvalue weighted by atomic mass is 10.1.